The highest BCUT2D eigenvalue weighted by Crippen LogP contribution is 2.33. The molecule has 2 rings (SSSR count). The number of alkyl halides is 3. The zero-order valence-corrected chi connectivity index (χ0v) is 11.2. The van der Waals surface area contributed by atoms with Gasteiger partial charge in [-0.15, -0.1) is 0 Å². The summed E-state index contributed by atoms with van der Waals surface area (Å²) in [5.41, 5.74) is 5.51. The molecule has 110 valence electrons. The second-order valence-corrected chi connectivity index (χ2v) is 4.90. The molecule has 2 unspecified atom stereocenters. The highest BCUT2D eigenvalue weighted by molar-refractivity contribution is 5.73. The van der Waals surface area contributed by atoms with Gasteiger partial charge >= 0.3 is 6.18 Å². The van der Waals surface area contributed by atoms with Gasteiger partial charge in [-0.1, -0.05) is 25.1 Å². The molecule has 0 spiro atoms. The molecule has 2 atom stereocenters. The van der Waals surface area contributed by atoms with Crippen LogP contribution in [0.5, 0.6) is 0 Å². The first kappa shape index (κ1) is 14.7. The number of hydrogen-bond donors (Lipinski definition) is 1. The Morgan fingerprint density at radius 1 is 1.45 bits per heavy atom. The molecule has 1 aliphatic heterocycles. The summed E-state index contributed by atoms with van der Waals surface area (Å²) in [6, 6.07) is 5.57. The smallest absolute Gasteiger partial charge is 0.416 e. The fraction of sp³-hybridized carbons (Fsp3) is 0.500. The van der Waals surface area contributed by atoms with Crippen molar-refractivity contribution in [2.45, 2.75) is 37.9 Å². The molecule has 20 heavy (non-hydrogen) atoms. The number of aliphatic imine (C=N–C) groups is 1. The van der Waals surface area contributed by atoms with Gasteiger partial charge in [0.25, 0.3) is 6.02 Å². The van der Waals surface area contributed by atoms with E-state index < -0.39 is 11.7 Å². The number of rotatable bonds is 4. The standard InChI is InChI=1S/C14H17F3N2O/c1-2-9(7-12-8-20-13(18)19-12)10-4-3-5-11(6-10)14(15,16)17/h3-6,9,12H,2,7-8H2,1H3,(H2,18,19). The maximum absolute atomic E-state index is 12.7. The number of nitrogens with zero attached hydrogens (tertiary/aromatic N) is 1. The summed E-state index contributed by atoms with van der Waals surface area (Å²) in [5, 5.41) is 0. The van der Waals surface area contributed by atoms with E-state index in [4.69, 9.17) is 10.5 Å². The van der Waals surface area contributed by atoms with Crippen LogP contribution >= 0.6 is 0 Å². The quantitative estimate of drug-likeness (QED) is 0.923. The molecule has 1 aromatic carbocycles. The SMILES string of the molecule is CCC(CC1COC(N)=N1)c1cccc(C(F)(F)F)c1. The highest BCUT2D eigenvalue weighted by atomic mass is 19.4. The van der Waals surface area contributed by atoms with E-state index in [0.717, 1.165) is 12.5 Å². The van der Waals surface area contributed by atoms with E-state index in [9.17, 15) is 13.2 Å². The number of hydrogen-bond acceptors (Lipinski definition) is 3. The fourth-order valence-electron chi connectivity index (χ4n) is 2.39. The van der Waals surface area contributed by atoms with Crippen molar-refractivity contribution >= 4 is 6.02 Å². The maximum atomic E-state index is 12.7. The molecule has 2 N–H and O–H groups in total. The summed E-state index contributed by atoms with van der Waals surface area (Å²) in [4.78, 5) is 4.12. The number of benzene rings is 1. The lowest BCUT2D eigenvalue weighted by atomic mass is 9.89. The molecule has 3 nitrogen and oxygen atoms in total. The largest absolute Gasteiger partial charge is 0.463 e. The Labute approximate surface area is 115 Å². The molecule has 0 aromatic heterocycles. The number of ether oxygens (including phenoxy) is 1. The van der Waals surface area contributed by atoms with Crippen molar-refractivity contribution in [2.75, 3.05) is 6.61 Å². The average molecular weight is 286 g/mol. The lowest BCUT2D eigenvalue weighted by molar-refractivity contribution is -0.137. The molecule has 1 heterocycles. The number of halogens is 3. The first-order valence-corrected chi connectivity index (χ1v) is 6.53. The van der Waals surface area contributed by atoms with Gasteiger partial charge in [0.15, 0.2) is 0 Å². The predicted octanol–water partition coefficient (Wildman–Crippen LogP) is 3.30. The Morgan fingerprint density at radius 3 is 2.75 bits per heavy atom. The van der Waals surface area contributed by atoms with E-state index in [-0.39, 0.29) is 18.0 Å². The number of nitrogens with two attached hydrogens (primary N) is 1. The van der Waals surface area contributed by atoms with Crippen LogP contribution in [0.1, 0.15) is 36.8 Å². The zero-order valence-electron chi connectivity index (χ0n) is 11.2. The van der Waals surface area contributed by atoms with Gasteiger partial charge in [-0.2, -0.15) is 13.2 Å². The molecule has 1 aromatic rings. The highest BCUT2D eigenvalue weighted by Gasteiger charge is 2.31. The van der Waals surface area contributed by atoms with Gasteiger partial charge < -0.3 is 10.5 Å². The predicted molar refractivity (Wildman–Crippen MR) is 70.5 cm³/mol. The normalized spacial score (nSPS) is 20.4. The minimum Gasteiger partial charge on any atom is -0.463 e. The molecule has 0 fully saturated rings. The summed E-state index contributed by atoms with van der Waals surface area (Å²) in [5.74, 6) is 0.0144. The molecule has 6 heteroatoms. The Morgan fingerprint density at radius 2 is 2.20 bits per heavy atom. The van der Waals surface area contributed by atoms with Crippen LogP contribution in [-0.4, -0.2) is 18.7 Å². The average Bonchev–Trinajstić information content (AvgIpc) is 2.81. The van der Waals surface area contributed by atoms with Crippen LogP contribution in [0.4, 0.5) is 13.2 Å². The summed E-state index contributed by atoms with van der Waals surface area (Å²) in [7, 11) is 0. The second-order valence-electron chi connectivity index (χ2n) is 4.90. The van der Waals surface area contributed by atoms with Crippen LogP contribution < -0.4 is 5.73 Å². The molecule has 0 saturated carbocycles. The van der Waals surface area contributed by atoms with Crippen LogP contribution in [0.3, 0.4) is 0 Å². The van der Waals surface area contributed by atoms with Crippen molar-refractivity contribution in [2.24, 2.45) is 10.7 Å². The minimum atomic E-state index is -4.31. The minimum absolute atomic E-state index is 0.0144. The van der Waals surface area contributed by atoms with Crippen LogP contribution in [0.15, 0.2) is 29.3 Å². The summed E-state index contributed by atoms with van der Waals surface area (Å²) < 4.78 is 43.3. The lowest BCUT2D eigenvalue weighted by Crippen LogP contribution is -2.13. The van der Waals surface area contributed by atoms with Crippen LogP contribution in [0.2, 0.25) is 0 Å². The molecule has 0 bridgehead atoms. The first-order chi connectivity index (χ1) is 9.40. The molecular weight excluding hydrogens is 269 g/mol. The van der Waals surface area contributed by atoms with Gasteiger partial charge in [0.05, 0.1) is 11.6 Å². The van der Waals surface area contributed by atoms with Gasteiger partial charge in [-0.25, -0.2) is 4.99 Å². The molecule has 1 aliphatic rings. The summed E-state index contributed by atoms with van der Waals surface area (Å²) in [6.45, 7) is 2.36. The Balaban J connectivity index is 2.15. The van der Waals surface area contributed by atoms with E-state index in [1.165, 1.54) is 12.1 Å². The van der Waals surface area contributed by atoms with E-state index in [1.54, 1.807) is 6.07 Å². The van der Waals surface area contributed by atoms with Gasteiger partial charge in [-0.3, -0.25) is 0 Å². The second kappa shape index (κ2) is 5.73. The van der Waals surface area contributed by atoms with Crippen LogP contribution in [-0.2, 0) is 10.9 Å². The maximum Gasteiger partial charge on any atom is 0.416 e. The van der Waals surface area contributed by atoms with Crippen molar-refractivity contribution in [3.05, 3.63) is 35.4 Å². The van der Waals surface area contributed by atoms with Crippen molar-refractivity contribution in [1.82, 2.24) is 0 Å². The van der Waals surface area contributed by atoms with E-state index in [2.05, 4.69) is 4.99 Å². The van der Waals surface area contributed by atoms with E-state index in [1.807, 2.05) is 6.92 Å². The van der Waals surface area contributed by atoms with Crippen molar-refractivity contribution in [1.29, 1.82) is 0 Å². The monoisotopic (exact) mass is 286 g/mol. The van der Waals surface area contributed by atoms with Gasteiger partial charge in [-0.05, 0) is 30.4 Å². The summed E-state index contributed by atoms with van der Waals surface area (Å²) in [6.07, 6.45) is -2.93. The van der Waals surface area contributed by atoms with Crippen molar-refractivity contribution < 1.29 is 17.9 Å². The summed E-state index contributed by atoms with van der Waals surface area (Å²) >= 11 is 0. The van der Waals surface area contributed by atoms with Gasteiger partial charge in [0.1, 0.15) is 6.61 Å². The topological polar surface area (TPSA) is 47.6 Å². The lowest BCUT2D eigenvalue weighted by Gasteiger charge is -2.18. The van der Waals surface area contributed by atoms with Crippen molar-refractivity contribution in [3.8, 4) is 0 Å². The van der Waals surface area contributed by atoms with Crippen molar-refractivity contribution in [3.63, 3.8) is 0 Å². The fourth-order valence-corrected chi connectivity index (χ4v) is 2.39. The molecule has 0 saturated heterocycles. The van der Waals surface area contributed by atoms with E-state index >= 15 is 0 Å². The van der Waals surface area contributed by atoms with E-state index in [0.29, 0.717) is 18.6 Å². The first-order valence-electron chi connectivity index (χ1n) is 6.53. The Bertz CT molecular complexity index is 499. The van der Waals surface area contributed by atoms with Crippen LogP contribution in [0.25, 0.3) is 0 Å². The van der Waals surface area contributed by atoms with Crippen LogP contribution in [0, 0.1) is 0 Å². The van der Waals surface area contributed by atoms with Gasteiger partial charge in [0.2, 0.25) is 0 Å². The zero-order chi connectivity index (χ0) is 14.8. The molecule has 0 aliphatic carbocycles. The third kappa shape index (κ3) is 3.43. The molecule has 0 radical (unpaired) electrons. The Hall–Kier alpha value is -1.72. The number of amidine groups is 1. The third-order valence-corrected chi connectivity index (χ3v) is 3.47. The van der Waals surface area contributed by atoms with Gasteiger partial charge in [0, 0.05) is 0 Å². The molecular formula is C14H17F3N2O. The third-order valence-electron chi connectivity index (χ3n) is 3.47. The molecule has 0 amide bonds. The Kier molecular flexibility index (Phi) is 4.20.